The lowest BCUT2D eigenvalue weighted by atomic mass is 10.2. The average molecular weight is 395 g/mol. The Bertz CT molecular complexity index is 1010. The Morgan fingerprint density at radius 3 is 2.64 bits per heavy atom. The summed E-state index contributed by atoms with van der Waals surface area (Å²) in [6.07, 6.45) is 5.69. The molecule has 0 aliphatic rings. The zero-order valence-electron chi connectivity index (χ0n) is 14.5. The number of hydrazone groups is 1. The molecule has 1 aromatic heterocycles. The zero-order valence-corrected chi connectivity index (χ0v) is 15.3. The summed E-state index contributed by atoms with van der Waals surface area (Å²) in [7, 11) is 0. The van der Waals surface area contributed by atoms with Crippen LogP contribution in [0.4, 0.5) is 0 Å². The van der Waals surface area contributed by atoms with Gasteiger partial charge in [-0.05, 0) is 42.0 Å². The predicted molar refractivity (Wildman–Crippen MR) is 106 cm³/mol. The first-order chi connectivity index (χ1) is 13.6. The van der Waals surface area contributed by atoms with Crippen molar-refractivity contribution in [2.24, 2.45) is 5.10 Å². The molecule has 6 nitrogen and oxygen atoms in total. The molecule has 140 valence electrons. The van der Waals surface area contributed by atoms with Crippen LogP contribution in [0.25, 0.3) is 6.08 Å². The minimum atomic E-state index is -0.555. The van der Waals surface area contributed by atoms with Gasteiger partial charge in [0.2, 0.25) is 0 Å². The van der Waals surface area contributed by atoms with Gasteiger partial charge in [0.1, 0.15) is 5.75 Å². The Labute approximate surface area is 166 Å². The highest BCUT2D eigenvalue weighted by molar-refractivity contribution is 6.31. The van der Waals surface area contributed by atoms with Crippen LogP contribution in [0.3, 0.4) is 0 Å². The lowest BCUT2D eigenvalue weighted by molar-refractivity contribution is -0.128. The van der Waals surface area contributed by atoms with Crippen molar-refractivity contribution in [1.29, 1.82) is 0 Å². The fourth-order valence-corrected chi connectivity index (χ4v) is 2.39. The van der Waals surface area contributed by atoms with Crippen molar-refractivity contribution in [3.05, 3.63) is 94.9 Å². The summed E-state index contributed by atoms with van der Waals surface area (Å²) in [6, 6.07) is 17.2. The molecule has 3 rings (SSSR count). The number of amides is 1. The Morgan fingerprint density at radius 2 is 1.89 bits per heavy atom. The summed E-state index contributed by atoms with van der Waals surface area (Å²) in [5, 5.41) is 4.28. The van der Waals surface area contributed by atoms with Crippen molar-refractivity contribution in [1.82, 2.24) is 5.43 Å². The number of rotatable bonds is 6. The maximum absolute atomic E-state index is 12.1. The van der Waals surface area contributed by atoms with Crippen LogP contribution in [0.2, 0.25) is 5.02 Å². The fourth-order valence-electron chi connectivity index (χ4n) is 2.21. The van der Waals surface area contributed by atoms with Gasteiger partial charge in [-0.15, -0.1) is 0 Å². The number of halogens is 1. The normalized spacial score (nSPS) is 11.0. The van der Waals surface area contributed by atoms with E-state index in [-0.39, 0.29) is 11.5 Å². The minimum Gasteiger partial charge on any atom is -0.459 e. The molecule has 1 amide bonds. The number of nitrogens with zero attached hydrogens (tertiary/aromatic N) is 1. The summed E-state index contributed by atoms with van der Waals surface area (Å²) in [5.41, 5.74) is 3.62. The highest BCUT2D eigenvalue weighted by Gasteiger charge is 2.09. The summed E-state index contributed by atoms with van der Waals surface area (Å²) in [4.78, 5) is 23.9. The maximum Gasteiger partial charge on any atom is 0.336 e. The smallest absolute Gasteiger partial charge is 0.336 e. The molecule has 0 saturated carbocycles. The van der Waals surface area contributed by atoms with Crippen LogP contribution in [-0.2, 0) is 4.79 Å². The summed E-state index contributed by atoms with van der Waals surface area (Å²) < 4.78 is 10.3. The third-order valence-corrected chi connectivity index (χ3v) is 3.74. The molecule has 28 heavy (non-hydrogen) atoms. The number of carbonyl (C=O) groups excluding carboxylic acids is 2. The molecule has 0 saturated heterocycles. The average Bonchev–Trinajstić information content (AvgIpc) is 3.24. The number of hydrogen-bond acceptors (Lipinski definition) is 5. The van der Waals surface area contributed by atoms with Crippen LogP contribution in [0.5, 0.6) is 5.75 Å². The van der Waals surface area contributed by atoms with Gasteiger partial charge in [0.05, 0.1) is 12.5 Å². The summed E-state index contributed by atoms with van der Waals surface area (Å²) in [5.74, 6) is -0.683. The number of benzene rings is 2. The van der Waals surface area contributed by atoms with E-state index in [1.165, 1.54) is 24.6 Å². The highest BCUT2D eigenvalue weighted by Crippen LogP contribution is 2.22. The quantitative estimate of drug-likeness (QED) is 0.222. The Kier molecular flexibility index (Phi) is 6.38. The van der Waals surface area contributed by atoms with E-state index < -0.39 is 11.9 Å². The third-order valence-electron chi connectivity index (χ3n) is 3.51. The molecule has 0 aliphatic carbocycles. The van der Waals surface area contributed by atoms with Crippen molar-refractivity contribution in [2.75, 3.05) is 0 Å². The van der Waals surface area contributed by atoms with E-state index in [4.69, 9.17) is 20.8 Å². The van der Waals surface area contributed by atoms with Crippen molar-refractivity contribution in [3.63, 3.8) is 0 Å². The molecular weight excluding hydrogens is 380 g/mol. The van der Waals surface area contributed by atoms with Crippen molar-refractivity contribution in [2.45, 2.75) is 0 Å². The number of nitrogens with one attached hydrogen (secondary N) is 1. The second-order valence-electron chi connectivity index (χ2n) is 5.52. The van der Waals surface area contributed by atoms with Crippen molar-refractivity contribution >= 4 is 35.8 Å². The van der Waals surface area contributed by atoms with E-state index in [1.54, 1.807) is 30.3 Å². The molecule has 7 heteroatoms. The van der Waals surface area contributed by atoms with Crippen LogP contribution >= 0.6 is 11.6 Å². The molecule has 0 radical (unpaired) electrons. The van der Waals surface area contributed by atoms with Crippen molar-refractivity contribution in [3.8, 4) is 5.75 Å². The molecule has 0 bridgehead atoms. The fraction of sp³-hybridized carbons (Fsp3) is 0. The van der Waals surface area contributed by atoms with E-state index in [9.17, 15) is 9.59 Å². The third kappa shape index (κ3) is 5.43. The molecule has 0 unspecified atom stereocenters. The molecule has 0 aliphatic heterocycles. The Hall–Kier alpha value is -3.64. The van der Waals surface area contributed by atoms with Gasteiger partial charge in [0, 0.05) is 16.7 Å². The first-order valence-electron chi connectivity index (χ1n) is 8.23. The monoisotopic (exact) mass is 394 g/mol. The van der Waals surface area contributed by atoms with Gasteiger partial charge in [-0.3, -0.25) is 4.79 Å². The molecule has 1 heterocycles. The number of carbonyl (C=O) groups is 2. The number of esters is 1. The SMILES string of the molecule is O=C(/C=C/c1ccccc1)Oc1ccc(Cl)cc1/C=N/NC(=O)c1ccco1. The van der Waals surface area contributed by atoms with Crippen LogP contribution < -0.4 is 10.2 Å². The lowest BCUT2D eigenvalue weighted by Crippen LogP contribution is -2.16. The van der Waals surface area contributed by atoms with Crippen LogP contribution in [0.1, 0.15) is 21.7 Å². The van der Waals surface area contributed by atoms with Crippen LogP contribution in [0, 0.1) is 0 Å². The van der Waals surface area contributed by atoms with Gasteiger partial charge in [-0.1, -0.05) is 41.9 Å². The van der Waals surface area contributed by atoms with Gasteiger partial charge < -0.3 is 9.15 Å². The molecule has 1 N–H and O–H groups in total. The Morgan fingerprint density at radius 1 is 1.07 bits per heavy atom. The summed E-state index contributed by atoms with van der Waals surface area (Å²) >= 11 is 6.00. The van der Waals surface area contributed by atoms with E-state index in [1.807, 2.05) is 30.3 Å². The van der Waals surface area contributed by atoms with Gasteiger partial charge >= 0.3 is 11.9 Å². The Balaban J connectivity index is 1.68. The van der Waals surface area contributed by atoms with Crippen LogP contribution in [0.15, 0.2) is 82.5 Å². The first kappa shape index (κ1) is 19.1. The lowest BCUT2D eigenvalue weighted by Gasteiger charge is -2.06. The second kappa shape index (κ2) is 9.34. The minimum absolute atomic E-state index is 0.126. The number of ether oxygens (including phenoxy) is 1. The predicted octanol–water partition coefficient (Wildman–Crippen LogP) is 4.32. The largest absolute Gasteiger partial charge is 0.459 e. The van der Waals surface area contributed by atoms with E-state index in [0.717, 1.165) is 5.56 Å². The van der Waals surface area contributed by atoms with Gasteiger partial charge in [-0.2, -0.15) is 5.10 Å². The van der Waals surface area contributed by atoms with Gasteiger partial charge in [-0.25, -0.2) is 10.2 Å². The van der Waals surface area contributed by atoms with Gasteiger partial charge in [0.25, 0.3) is 0 Å². The first-order valence-corrected chi connectivity index (χ1v) is 8.61. The topological polar surface area (TPSA) is 80.9 Å². The van der Waals surface area contributed by atoms with Crippen molar-refractivity contribution < 1.29 is 18.7 Å². The maximum atomic E-state index is 12.1. The number of furan rings is 1. The van der Waals surface area contributed by atoms with Gasteiger partial charge in [0.15, 0.2) is 5.76 Å². The molecular formula is C21H15ClN2O4. The van der Waals surface area contributed by atoms with E-state index in [2.05, 4.69) is 10.5 Å². The highest BCUT2D eigenvalue weighted by atomic mass is 35.5. The standard InChI is InChI=1S/C21H15ClN2O4/c22-17-9-10-18(28-20(25)11-8-15-5-2-1-3-6-15)16(13-17)14-23-24-21(26)19-7-4-12-27-19/h1-14H,(H,24,26)/b11-8+,23-14+. The molecule has 0 spiro atoms. The molecule has 0 atom stereocenters. The van der Waals surface area contributed by atoms with E-state index in [0.29, 0.717) is 10.6 Å². The van der Waals surface area contributed by atoms with E-state index >= 15 is 0 Å². The van der Waals surface area contributed by atoms with Crippen LogP contribution in [-0.4, -0.2) is 18.1 Å². The molecule has 3 aromatic rings. The second-order valence-corrected chi connectivity index (χ2v) is 5.96. The zero-order chi connectivity index (χ0) is 19.8. The number of hydrogen-bond donors (Lipinski definition) is 1. The summed E-state index contributed by atoms with van der Waals surface area (Å²) in [6.45, 7) is 0. The molecule has 2 aromatic carbocycles. The molecule has 0 fully saturated rings.